The standard InChI is InChI=1S/C17H19N3O/c21-17(20-13-9-11-6-7-12(10-13)19-11)15-3-1-5-16-14(15)4-2-8-18-16/h1-5,8,11-13,19H,6-7,9-10H2,(H,20,21). The van der Waals surface area contributed by atoms with Gasteiger partial charge in [0.25, 0.3) is 5.91 Å². The zero-order chi connectivity index (χ0) is 14.2. The van der Waals surface area contributed by atoms with Gasteiger partial charge in [0.1, 0.15) is 0 Å². The van der Waals surface area contributed by atoms with Crippen molar-refractivity contribution in [1.29, 1.82) is 0 Å². The molecule has 2 saturated heterocycles. The number of amides is 1. The van der Waals surface area contributed by atoms with Gasteiger partial charge in [-0.3, -0.25) is 9.78 Å². The van der Waals surface area contributed by atoms with Crippen molar-refractivity contribution in [3.8, 4) is 0 Å². The first-order chi connectivity index (χ1) is 10.3. The molecular formula is C17H19N3O. The molecule has 0 spiro atoms. The predicted molar refractivity (Wildman–Crippen MR) is 82.2 cm³/mol. The van der Waals surface area contributed by atoms with E-state index >= 15 is 0 Å². The second-order valence-electron chi connectivity index (χ2n) is 6.16. The number of fused-ring (bicyclic) bond motifs is 3. The molecule has 4 rings (SSSR count). The van der Waals surface area contributed by atoms with Gasteiger partial charge >= 0.3 is 0 Å². The highest BCUT2D eigenvalue weighted by atomic mass is 16.1. The SMILES string of the molecule is O=C(NC1CC2CCC(C1)N2)c1cccc2ncccc12. The van der Waals surface area contributed by atoms with Crippen molar-refractivity contribution in [2.75, 3.05) is 0 Å². The number of benzene rings is 1. The molecule has 4 heteroatoms. The van der Waals surface area contributed by atoms with Gasteiger partial charge in [-0.15, -0.1) is 0 Å². The van der Waals surface area contributed by atoms with E-state index in [0.717, 1.165) is 29.3 Å². The molecule has 2 unspecified atom stereocenters. The maximum atomic E-state index is 12.6. The maximum absolute atomic E-state index is 12.6. The van der Waals surface area contributed by atoms with Gasteiger partial charge in [-0.25, -0.2) is 0 Å². The Morgan fingerprint density at radius 3 is 2.76 bits per heavy atom. The molecule has 108 valence electrons. The molecule has 3 heterocycles. The van der Waals surface area contributed by atoms with Gasteiger partial charge < -0.3 is 10.6 Å². The second-order valence-corrected chi connectivity index (χ2v) is 6.16. The molecule has 2 bridgehead atoms. The van der Waals surface area contributed by atoms with E-state index in [1.54, 1.807) is 6.20 Å². The molecule has 0 saturated carbocycles. The average molecular weight is 281 g/mol. The number of hydrogen-bond donors (Lipinski definition) is 2. The van der Waals surface area contributed by atoms with Crippen LogP contribution in [0.3, 0.4) is 0 Å². The highest BCUT2D eigenvalue weighted by Crippen LogP contribution is 2.27. The van der Waals surface area contributed by atoms with E-state index in [1.165, 1.54) is 12.8 Å². The van der Waals surface area contributed by atoms with Crippen molar-refractivity contribution in [2.45, 2.75) is 43.8 Å². The zero-order valence-electron chi connectivity index (χ0n) is 11.9. The minimum atomic E-state index is 0.0277. The number of carbonyl (C=O) groups is 1. The van der Waals surface area contributed by atoms with Crippen LogP contribution in [0.25, 0.3) is 10.9 Å². The number of nitrogens with zero attached hydrogens (tertiary/aromatic N) is 1. The van der Waals surface area contributed by atoms with Crippen molar-refractivity contribution in [2.24, 2.45) is 0 Å². The van der Waals surface area contributed by atoms with Crippen LogP contribution in [-0.4, -0.2) is 29.0 Å². The van der Waals surface area contributed by atoms with Crippen molar-refractivity contribution < 1.29 is 4.79 Å². The van der Waals surface area contributed by atoms with Gasteiger partial charge in [0.05, 0.1) is 5.52 Å². The average Bonchev–Trinajstić information content (AvgIpc) is 2.85. The fraction of sp³-hybridized carbons (Fsp3) is 0.412. The van der Waals surface area contributed by atoms with E-state index < -0.39 is 0 Å². The maximum Gasteiger partial charge on any atom is 0.252 e. The number of aromatic nitrogens is 1. The van der Waals surface area contributed by atoms with Gasteiger partial charge in [-0.05, 0) is 43.9 Å². The highest BCUT2D eigenvalue weighted by molar-refractivity contribution is 6.06. The third-order valence-corrected chi connectivity index (χ3v) is 4.70. The molecule has 2 aliphatic heterocycles. The lowest BCUT2D eigenvalue weighted by molar-refractivity contribution is 0.0925. The molecule has 1 aromatic heterocycles. The number of pyridine rings is 1. The van der Waals surface area contributed by atoms with Crippen LogP contribution >= 0.6 is 0 Å². The van der Waals surface area contributed by atoms with Crippen molar-refractivity contribution in [1.82, 2.24) is 15.6 Å². The third kappa shape index (κ3) is 2.40. The number of nitrogens with one attached hydrogen (secondary N) is 2. The summed E-state index contributed by atoms with van der Waals surface area (Å²) in [6.07, 6.45) is 6.34. The van der Waals surface area contributed by atoms with E-state index in [-0.39, 0.29) is 5.91 Å². The largest absolute Gasteiger partial charge is 0.349 e. The summed E-state index contributed by atoms with van der Waals surface area (Å²) < 4.78 is 0. The van der Waals surface area contributed by atoms with Gasteiger partial charge in [0, 0.05) is 35.3 Å². The Balaban J connectivity index is 1.56. The quantitative estimate of drug-likeness (QED) is 0.887. The normalized spacial score (nSPS) is 27.7. The zero-order valence-corrected chi connectivity index (χ0v) is 11.9. The van der Waals surface area contributed by atoms with Crippen molar-refractivity contribution in [3.05, 3.63) is 42.1 Å². The summed E-state index contributed by atoms with van der Waals surface area (Å²) >= 11 is 0. The Morgan fingerprint density at radius 2 is 1.95 bits per heavy atom. The summed E-state index contributed by atoms with van der Waals surface area (Å²) in [4.78, 5) is 16.9. The number of rotatable bonds is 2. The lowest BCUT2D eigenvalue weighted by Gasteiger charge is -2.29. The smallest absolute Gasteiger partial charge is 0.252 e. The Bertz CT molecular complexity index is 667. The predicted octanol–water partition coefficient (Wildman–Crippen LogP) is 2.25. The van der Waals surface area contributed by atoms with Gasteiger partial charge in [0.2, 0.25) is 0 Å². The molecule has 2 atom stereocenters. The van der Waals surface area contributed by atoms with Gasteiger partial charge in [0.15, 0.2) is 0 Å². The number of hydrogen-bond acceptors (Lipinski definition) is 3. The Labute approximate surface area is 124 Å². The lowest BCUT2D eigenvalue weighted by atomic mass is 9.99. The van der Waals surface area contributed by atoms with E-state index in [0.29, 0.717) is 18.1 Å². The van der Waals surface area contributed by atoms with Crippen LogP contribution in [-0.2, 0) is 0 Å². The highest BCUT2D eigenvalue weighted by Gasteiger charge is 2.34. The Morgan fingerprint density at radius 1 is 1.14 bits per heavy atom. The molecule has 0 radical (unpaired) electrons. The minimum Gasteiger partial charge on any atom is -0.349 e. The number of carbonyl (C=O) groups excluding carboxylic acids is 1. The summed E-state index contributed by atoms with van der Waals surface area (Å²) in [7, 11) is 0. The summed E-state index contributed by atoms with van der Waals surface area (Å²) in [6.45, 7) is 0. The van der Waals surface area contributed by atoms with Gasteiger partial charge in [-0.1, -0.05) is 12.1 Å². The molecule has 2 N–H and O–H groups in total. The van der Waals surface area contributed by atoms with Crippen LogP contribution in [0.5, 0.6) is 0 Å². The van der Waals surface area contributed by atoms with Crippen LogP contribution in [0.4, 0.5) is 0 Å². The fourth-order valence-electron chi connectivity index (χ4n) is 3.74. The van der Waals surface area contributed by atoms with Crippen LogP contribution in [0.1, 0.15) is 36.0 Å². The Hall–Kier alpha value is -1.94. The molecule has 4 nitrogen and oxygen atoms in total. The summed E-state index contributed by atoms with van der Waals surface area (Å²) in [5.41, 5.74) is 1.60. The van der Waals surface area contributed by atoms with Crippen molar-refractivity contribution in [3.63, 3.8) is 0 Å². The van der Waals surface area contributed by atoms with Crippen LogP contribution in [0.2, 0.25) is 0 Å². The van der Waals surface area contributed by atoms with E-state index in [9.17, 15) is 4.79 Å². The summed E-state index contributed by atoms with van der Waals surface area (Å²) in [5.74, 6) is 0.0277. The van der Waals surface area contributed by atoms with Gasteiger partial charge in [-0.2, -0.15) is 0 Å². The molecule has 1 amide bonds. The topological polar surface area (TPSA) is 54.0 Å². The van der Waals surface area contributed by atoms with Crippen LogP contribution in [0.15, 0.2) is 36.5 Å². The minimum absolute atomic E-state index is 0.0277. The molecular weight excluding hydrogens is 262 g/mol. The molecule has 2 fully saturated rings. The first-order valence-electron chi connectivity index (χ1n) is 7.70. The van der Waals surface area contributed by atoms with Crippen LogP contribution in [0, 0.1) is 0 Å². The summed E-state index contributed by atoms with van der Waals surface area (Å²) in [5, 5.41) is 7.75. The molecule has 21 heavy (non-hydrogen) atoms. The van der Waals surface area contributed by atoms with E-state index in [1.807, 2.05) is 30.3 Å². The Kier molecular flexibility index (Phi) is 3.11. The molecule has 0 aliphatic carbocycles. The van der Waals surface area contributed by atoms with Crippen LogP contribution < -0.4 is 10.6 Å². The van der Waals surface area contributed by atoms with E-state index in [2.05, 4.69) is 15.6 Å². The van der Waals surface area contributed by atoms with Crippen molar-refractivity contribution >= 4 is 16.8 Å². The van der Waals surface area contributed by atoms with E-state index in [4.69, 9.17) is 0 Å². The summed E-state index contributed by atoms with van der Waals surface area (Å²) in [6, 6.07) is 11.0. The monoisotopic (exact) mass is 281 g/mol. The lowest BCUT2D eigenvalue weighted by Crippen LogP contribution is -2.48. The first-order valence-corrected chi connectivity index (χ1v) is 7.70. The number of piperidine rings is 1. The second kappa shape index (κ2) is 5.11. The fourth-order valence-corrected chi connectivity index (χ4v) is 3.74. The molecule has 1 aromatic carbocycles. The third-order valence-electron chi connectivity index (χ3n) is 4.70. The first kappa shape index (κ1) is 12.8. The molecule has 2 aromatic rings. The molecule has 2 aliphatic rings.